The monoisotopic (exact) mass is 434 g/mol. The van der Waals surface area contributed by atoms with Crippen molar-refractivity contribution in [3.8, 4) is 11.5 Å². The molecule has 0 atom stereocenters. The van der Waals surface area contributed by atoms with Gasteiger partial charge in [0.05, 0.1) is 22.8 Å². The lowest BCUT2D eigenvalue weighted by atomic mass is 10.0. The molecule has 0 aliphatic heterocycles. The molecule has 29 heavy (non-hydrogen) atoms. The topological polar surface area (TPSA) is 63.6 Å². The highest BCUT2D eigenvalue weighted by atomic mass is 35.5. The molecule has 3 aromatic carbocycles. The van der Waals surface area contributed by atoms with Crippen LogP contribution in [0, 0.1) is 5.82 Å². The maximum atomic E-state index is 13.3. The number of aryl methyl sites for hydroxylation is 2. The van der Waals surface area contributed by atoms with Crippen LogP contribution < -0.4 is 4.74 Å². The molecule has 0 fully saturated rings. The van der Waals surface area contributed by atoms with Gasteiger partial charge in [-0.1, -0.05) is 41.9 Å². The van der Waals surface area contributed by atoms with Crippen LogP contribution in [-0.4, -0.2) is 20.6 Å². The van der Waals surface area contributed by atoms with Gasteiger partial charge >= 0.3 is 0 Å². The molecule has 0 radical (unpaired) electrons. The lowest BCUT2D eigenvalue weighted by Crippen LogP contribution is -2.05. The summed E-state index contributed by atoms with van der Waals surface area (Å²) in [6, 6.07) is 15.8. The first-order valence-electron chi connectivity index (χ1n) is 8.90. The van der Waals surface area contributed by atoms with Crippen molar-refractivity contribution in [3.05, 3.63) is 88.2 Å². The molecule has 1 N–H and O–H groups in total. The summed E-state index contributed by atoms with van der Waals surface area (Å²) >= 11 is 5.73. The van der Waals surface area contributed by atoms with Crippen molar-refractivity contribution in [2.24, 2.45) is 0 Å². The van der Waals surface area contributed by atoms with Crippen molar-refractivity contribution < 1.29 is 22.7 Å². The van der Waals surface area contributed by atoms with E-state index in [0.29, 0.717) is 24.2 Å². The molecule has 0 bridgehead atoms. The van der Waals surface area contributed by atoms with Gasteiger partial charge in [0.1, 0.15) is 5.82 Å². The third kappa shape index (κ3) is 5.08. The molecule has 0 aliphatic carbocycles. The van der Waals surface area contributed by atoms with Gasteiger partial charge in [0.25, 0.3) is 0 Å². The minimum atomic E-state index is -3.58. The molecule has 0 aromatic heterocycles. The van der Waals surface area contributed by atoms with Crippen LogP contribution in [0.5, 0.6) is 11.5 Å². The second-order valence-electron chi connectivity index (χ2n) is 6.62. The van der Waals surface area contributed by atoms with E-state index in [1.165, 1.54) is 19.2 Å². The molecular weight excluding hydrogens is 415 g/mol. The summed E-state index contributed by atoms with van der Waals surface area (Å²) in [5.74, 6) is -0.305. The Morgan fingerprint density at radius 3 is 2.34 bits per heavy atom. The smallest absolute Gasteiger partial charge is 0.182 e. The van der Waals surface area contributed by atoms with E-state index in [-0.39, 0.29) is 21.4 Å². The Morgan fingerprint density at radius 2 is 1.69 bits per heavy atom. The zero-order valence-electron chi connectivity index (χ0n) is 15.7. The van der Waals surface area contributed by atoms with E-state index >= 15 is 0 Å². The first kappa shape index (κ1) is 21.1. The third-order valence-corrected chi connectivity index (χ3v) is 6.60. The molecule has 0 saturated carbocycles. The predicted octanol–water partition coefficient (Wildman–Crippen LogP) is 4.95. The number of rotatable bonds is 7. The van der Waals surface area contributed by atoms with Crippen LogP contribution in [0.25, 0.3) is 0 Å². The molecule has 0 unspecified atom stereocenters. The number of benzene rings is 3. The van der Waals surface area contributed by atoms with E-state index in [1.807, 2.05) is 12.1 Å². The van der Waals surface area contributed by atoms with Crippen molar-refractivity contribution in [1.82, 2.24) is 0 Å². The number of sulfone groups is 1. The van der Waals surface area contributed by atoms with Crippen molar-refractivity contribution in [2.45, 2.75) is 23.5 Å². The molecule has 0 spiro atoms. The van der Waals surface area contributed by atoms with Crippen molar-refractivity contribution in [3.63, 3.8) is 0 Å². The highest BCUT2D eigenvalue weighted by Crippen LogP contribution is 2.30. The predicted molar refractivity (Wildman–Crippen MR) is 111 cm³/mol. The summed E-state index contributed by atoms with van der Waals surface area (Å²) in [5, 5.41) is 10.1. The Balaban J connectivity index is 1.70. The van der Waals surface area contributed by atoms with E-state index in [9.17, 15) is 17.9 Å². The van der Waals surface area contributed by atoms with Crippen LogP contribution in [0.15, 0.2) is 65.6 Å². The average Bonchev–Trinajstić information content (AvgIpc) is 2.70. The van der Waals surface area contributed by atoms with Crippen LogP contribution in [0.4, 0.5) is 4.39 Å². The summed E-state index contributed by atoms with van der Waals surface area (Å²) in [6.45, 7) is 0. The SMILES string of the molecule is COc1cccc(CCc2ccc(S(=O)(=O)Cc3ccc(F)c(Cl)c3)cc2)c1O. The third-order valence-electron chi connectivity index (χ3n) is 4.61. The maximum Gasteiger partial charge on any atom is 0.182 e. The molecule has 152 valence electrons. The van der Waals surface area contributed by atoms with Gasteiger partial charge in [0.15, 0.2) is 21.3 Å². The van der Waals surface area contributed by atoms with Gasteiger partial charge in [-0.2, -0.15) is 0 Å². The van der Waals surface area contributed by atoms with Crippen LogP contribution in [0.2, 0.25) is 5.02 Å². The summed E-state index contributed by atoms with van der Waals surface area (Å²) in [5.41, 5.74) is 2.12. The second-order valence-corrected chi connectivity index (χ2v) is 9.02. The molecule has 0 saturated heterocycles. The second kappa shape index (κ2) is 8.84. The van der Waals surface area contributed by atoms with Crippen LogP contribution in [0.1, 0.15) is 16.7 Å². The van der Waals surface area contributed by atoms with E-state index < -0.39 is 15.7 Å². The number of ether oxygens (including phenoxy) is 1. The van der Waals surface area contributed by atoms with Gasteiger partial charge in [-0.15, -0.1) is 0 Å². The lowest BCUT2D eigenvalue weighted by Gasteiger charge is -2.09. The highest BCUT2D eigenvalue weighted by Gasteiger charge is 2.16. The molecule has 3 rings (SSSR count). The first-order chi connectivity index (χ1) is 13.8. The summed E-state index contributed by atoms with van der Waals surface area (Å²) in [7, 11) is -2.08. The molecule has 0 heterocycles. The quantitative estimate of drug-likeness (QED) is 0.571. The normalized spacial score (nSPS) is 11.4. The van der Waals surface area contributed by atoms with Crippen LogP contribution in [0.3, 0.4) is 0 Å². The molecule has 3 aromatic rings. The molecule has 0 aliphatic rings. The molecular formula is C22H20ClFO4S. The number of phenols is 1. The highest BCUT2D eigenvalue weighted by molar-refractivity contribution is 7.90. The van der Waals surface area contributed by atoms with E-state index in [0.717, 1.165) is 17.2 Å². The fourth-order valence-electron chi connectivity index (χ4n) is 3.01. The number of aromatic hydroxyl groups is 1. The minimum absolute atomic E-state index is 0.103. The van der Waals surface area contributed by atoms with Gasteiger partial charge in [0, 0.05) is 0 Å². The molecule has 7 heteroatoms. The summed E-state index contributed by atoms with van der Waals surface area (Å²) in [4.78, 5) is 0.186. The van der Waals surface area contributed by atoms with Crippen molar-refractivity contribution in [2.75, 3.05) is 7.11 Å². The number of hydrogen-bond donors (Lipinski definition) is 1. The molecule has 0 amide bonds. The maximum absolute atomic E-state index is 13.3. The van der Waals surface area contributed by atoms with Crippen LogP contribution >= 0.6 is 11.6 Å². The fraction of sp³-hybridized carbons (Fsp3) is 0.182. The van der Waals surface area contributed by atoms with Gasteiger partial charge < -0.3 is 9.84 Å². The Kier molecular flexibility index (Phi) is 6.45. The van der Waals surface area contributed by atoms with E-state index in [4.69, 9.17) is 16.3 Å². The van der Waals surface area contributed by atoms with Gasteiger partial charge in [0.2, 0.25) is 0 Å². The first-order valence-corrected chi connectivity index (χ1v) is 10.9. The minimum Gasteiger partial charge on any atom is -0.504 e. The zero-order chi connectivity index (χ0) is 21.0. The van der Waals surface area contributed by atoms with E-state index in [1.54, 1.807) is 30.3 Å². The number of hydrogen-bond acceptors (Lipinski definition) is 4. The molecule has 4 nitrogen and oxygen atoms in total. The summed E-state index contributed by atoms with van der Waals surface area (Å²) < 4.78 is 43.6. The largest absolute Gasteiger partial charge is 0.504 e. The number of halogens is 2. The van der Waals surface area contributed by atoms with Crippen molar-refractivity contribution >= 4 is 21.4 Å². The standard InChI is InChI=1S/C22H20ClFO4S/c1-28-21-4-2-3-17(22(21)25)9-5-15-6-10-18(11-7-15)29(26,27)14-16-8-12-20(24)19(23)13-16/h2-4,6-8,10-13,25H,5,9,14H2,1H3. The average molecular weight is 435 g/mol. The van der Waals surface area contributed by atoms with Gasteiger partial charge in [-0.25, -0.2) is 12.8 Å². The number of methoxy groups -OCH3 is 1. The van der Waals surface area contributed by atoms with E-state index in [2.05, 4.69) is 0 Å². The van der Waals surface area contributed by atoms with Crippen LogP contribution in [-0.2, 0) is 28.4 Å². The Bertz CT molecular complexity index is 1110. The summed E-state index contributed by atoms with van der Waals surface area (Å²) in [6.07, 6.45) is 1.22. The Labute approximate surface area is 174 Å². The zero-order valence-corrected chi connectivity index (χ0v) is 17.3. The Hall–Kier alpha value is -2.57. The lowest BCUT2D eigenvalue weighted by molar-refractivity contribution is 0.370. The van der Waals surface area contributed by atoms with Crippen molar-refractivity contribution in [1.29, 1.82) is 0 Å². The van der Waals surface area contributed by atoms with Gasteiger partial charge in [-0.05, 0) is 59.9 Å². The number of para-hydroxylation sites is 1. The van der Waals surface area contributed by atoms with Gasteiger partial charge in [-0.3, -0.25) is 0 Å². The fourth-order valence-corrected chi connectivity index (χ4v) is 4.55. The Morgan fingerprint density at radius 1 is 1.00 bits per heavy atom. The number of phenolic OH excluding ortho intramolecular Hbond substituents is 1.